The molecule has 2 aliphatic rings. The molecule has 0 aromatic carbocycles. The van der Waals surface area contributed by atoms with Crippen molar-refractivity contribution < 1.29 is 0 Å². The molecule has 4 nitrogen and oxygen atoms in total. The molecular formula is C15H20N4. The van der Waals surface area contributed by atoms with Gasteiger partial charge in [0, 0.05) is 18.6 Å². The van der Waals surface area contributed by atoms with Crippen LogP contribution in [-0.2, 0) is 0 Å². The summed E-state index contributed by atoms with van der Waals surface area (Å²) in [6.07, 6.45) is 6.30. The highest BCUT2D eigenvalue weighted by Gasteiger charge is 2.32. The predicted molar refractivity (Wildman–Crippen MR) is 75.0 cm³/mol. The van der Waals surface area contributed by atoms with Gasteiger partial charge in [0.1, 0.15) is 17.6 Å². The van der Waals surface area contributed by atoms with Gasteiger partial charge in [-0.25, -0.2) is 4.98 Å². The number of nitriles is 1. The van der Waals surface area contributed by atoms with E-state index in [9.17, 15) is 0 Å². The van der Waals surface area contributed by atoms with E-state index < -0.39 is 0 Å². The third-order valence-corrected chi connectivity index (χ3v) is 4.26. The Morgan fingerprint density at radius 2 is 2.21 bits per heavy atom. The maximum atomic E-state index is 8.99. The van der Waals surface area contributed by atoms with Gasteiger partial charge in [0.2, 0.25) is 0 Å². The molecule has 2 saturated heterocycles. The van der Waals surface area contributed by atoms with Crippen LogP contribution in [0.25, 0.3) is 0 Å². The topological polar surface area (TPSA) is 52.0 Å². The molecule has 4 heteroatoms. The van der Waals surface area contributed by atoms with Crippen LogP contribution in [0, 0.1) is 11.3 Å². The van der Waals surface area contributed by atoms with E-state index in [0.717, 1.165) is 18.9 Å². The minimum Gasteiger partial charge on any atom is -0.352 e. The number of anilines is 1. The Bertz CT molecular complexity index is 473. The van der Waals surface area contributed by atoms with Crippen molar-refractivity contribution >= 4 is 5.82 Å². The molecule has 19 heavy (non-hydrogen) atoms. The van der Waals surface area contributed by atoms with Crippen molar-refractivity contribution in [2.45, 2.75) is 44.2 Å². The molecule has 100 valence electrons. The second kappa shape index (κ2) is 5.58. The van der Waals surface area contributed by atoms with Crippen molar-refractivity contribution in [2.24, 2.45) is 0 Å². The maximum Gasteiger partial charge on any atom is 0.142 e. The highest BCUT2D eigenvalue weighted by Crippen LogP contribution is 2.28. The molecule has 0 radical (unpaired) electrons. The summed E-state index contributed by atoms with van der Waals surface area (Å²) >= 11 is 0. The summed E-state index contributed by atoms with van der Waals surface area (Å²) < 4.78 is 0. The molecule has 3 heterocycles. The summed E-state index contributed by atoms with van der Waals surface area (Å²) in [5.41, 5.74) is 0.515. The first-order chi connectivity index (χ1) is 9.38. The fourth-order valence-corrected chi connectivity index (χ4v) is 3.35. The second-order valence-electron chi connectivity index (χ2n) is 5.45. The smallest absolute Gasteiger partial charge is 0.142 e. The maximum absolute atomic E-state index is 8.99. The van der Waals surface area contributed by atoms with Crippen molar-refractivity contribution in [3.63, 3.8) is 0 Å². The van der Waals surface area contributed by atoms with Gasteiger partial charge in [-0.1, -0.05) is 6.07 Å². The van der Waals surface area contributed by atoms with Crippen LogP contribution in [0.4, 0.5) is 5.82 Å². The van der Waals surface area contributed by atoms with E-state index in [1.807, 2.05) is 12.1 Å². The number of nitrogens with zero attached hydrogens (tertiary/aromatic N) is 3. The summed E-state index contributed by atoms with van der Waals surface area (Å²) in [7, 11) is 0. The lowest BCUT2D eigenvalue weighted by Gasteiger charge is -2.40. The van der Waals surface area contributed by atoms with Gasteiger partial charge in [-0.2, -0.15) is 5.26 Å². The zero-order valence-electron chi connectivity index (χ0n) is 11.2. The molecule has 1 aromatic rings. The van der Waals surface area contributed by atoms with Crippen LogP contribution in [0.3, 0.4) is 0 Å². The molecule has 1 N–H and O–H groups in total. The lowest BCUT2D eigenvalue weighted by Crippen LogP contribution is -2.50. The van der Waals surface area contributed by atoms with Crippen LogP contribution in [0.1, 0.15) is 37.8 Å². The summed E-state index contributed by atoms with van der Waals surface area (Å²) in [6.45, 7) is 2.20. The first kappa shape index (κ1) is 12.4. The summed E-state index contributed by atoms with van der Waals surface area (Å²) in [5.74, 6) is 0.970. The Balaban J connectivity index is 1.84. The molecule has 3 rings (SSSR count). The van der Waals surface area contributed by atoms with Gasteiger partial charge in [0.15, 0.2) is 0 Å². The van der Waals surface area contributed by atoms with Gasteiger partial charge >= 0.3 is 0 Å². The second-order valence-corrected chi connectivity index (χ2v) is 5.45. The first-order valence-electron chi connectivity index (χ1n) is 7.25. The van der Waals surface area contributed by atoms with E-state index in [0.29, 0.717) is 17.8 Å². The van der Waals surface area contributed by atoms with Gasteiger partial charge in [0.05, 0.1) is 0 Å². The Kier molecular flexibility index (Phi) is 3.65. The van der Waals surface area contributed by atoms with Crippen molar-refractivity contribution in [1.82, 2.24) is 10.3 Å². The standard InChI is InChI=1S/C15H20N4/c16-11-12-5-3-8-15(18-12)19-10-2-1-7-14(19)13-6-4-9-17-13/h3,5,8,13-14,17H,1-2,4,6-7,9-10H2. The highest BCUT2D eigenvalue weighted by molar-refractivity contribution is 5.43. The zero-order valence-corrected chi connectivity index (χ0v) is 11.2. The Hall–Kier alpha value is -1.60. The van der Waals surface area contributed by atoms with E-state index in [1.165, 1.54) is 32.1 Å². The molecule has 1 aromatic heterocycles. The van der Waals surface area contributed by atoms with Crippen molar-refractivity contribution in [1.29, 1.82) is 5.26 Å². The van der Waals surface area contributed by atoms with Gasteiger partial charge in [-0.3, -0.25) is 0 Å². The summed E-state index contributed by atoms with van der Waals surface area (Å²) in [5, 5.41) is 12.6. The fraction of sp³-hybridized carbons (Fsp3) is 0.600. The largest absolute Gasteiger partial charge is 0.352 e. The van der Waals surface area contributed by atoms with E-state index in [4.69, 9.17) is 5.26 Å². The van der Waals surface area contributed by atoms with Crippen LogP contribution in [0.15, 0.2) is 18.2 Å². The Morgan fingerprint density at radius 3 is 3.00 bits per heavy atom. The van der Waals surface area contributed by atoms with Crippen LogP contribution >= 0.6 is 0 Å². The monoisotopic (exact) mass is 256 g/mol. The van der Waals surface area contributed by atoms with Gasteiger partial charge < -0.3 is 10.2 Å². The molecule has 2 fully saturated rings. The van der Waals surface area contributed by atoms with E-state index >= 15 is 0 Å². The first-order valence-corrected chi connectivity index (χ1v) is 7.25. The number of piperidine rings is 1. The third-order valence-electron chi connectivity index (χ3n) is 4.26. The van der Waals surface area contributed by atoms with Crippen molar-refractivity contribution in [3.8, 4) is 6.07 Å². The Morgan fingerprint density at radius 1 is 1.26 bits per heavy atom. The lowest BCUT2D eigenvalue weighted by atomic mass is 9.94. The number of aromatic nitrogens is 1. The lowest BCUT2D eigenvalue weighted by molar-refractivity contribution is 0.376. The minimum absolute atomic E-state index is 0.515. The van der Waals surface area contributed by atoms with Gasteiger partial charge in [0.25, 0.3) is 0 Å². The van der Waals surface area contributed by atoms with Crippen LogP contribution in [0.5, 0.6) is 0 Å². The number of hydrogen-bond donors (Lipinski definition) is 1. The average molecular weight is 256 g/mol. The van der Waals surface area contributed by atoms with Crippen LogP contribution in [0.2, 0.25) is 0 Å². The number of rotatable bonds is 2. The highest BCUT2D eigenvalue weighted by atomic mass is 15.2. The van der Waals surface area contributed by atoms with Gasteiger partial charge in [-0.05, 0) is 50.8 Å². The molecule has 0 aliphatic carbocycles. The molecule has 2 atom stereocenters. The van der Waals surface area contributed by atoms with E-state index in [1.54, 1.807) is 6.07 Å². The quantitative estimate of drug-likeness (QED) is 0.880. The van der Waals surface area contributed by atoms with Crippen LogP contribution in [-0.4, -0.2) is 30.2 Å². The van der Waals surface area contributed by atoms with E-state index in [-0.39, 0.29) is 0 Å². The van der Waals surface area contributed by atoms with Crippen LogP contribution < -0.4 is 10.2 Å². The molecule has 0 spiro atoms. The molecule has 2 unspecified atom stereocenters. The van der Waals surface area contributed by atoms with Crippen molar-refractivity contribution in [2.75, 3.05) is 18.0 Å². The molecular weight excluding hydrogens is 236 g/mol. The molecule has 0 saturated carbocycles. The SMILES string of the molecule is N#Cc1cccc(N2CCCCC2C2CCCN2)n1. The molecule has 2 aliphatic heterocycles. The average Bonchev–Trinajstić information content (AvgIpc) is 3.01. The van der Waals surface area contributed by atoms with Crippen molar-refractivity contribution in [3.05, 3.63) is 23.9 Å². The summed E-state index contributed by atoms with van der Waals surface area (Å²) in [4.78, 5) is 6.88. The molecule has 0 bridgehead atoms. The minimum atomic E-state index is 0.515. The van der Waals surface area contributed by atoms with E-state index in [2.05, 4.69) is 21.3 Å². The Labute approximate surface area is 114 Å². The zero-order chi connectivity index (χ0) is 13.1. The number of pyridine rings is 1. The third kappa shape index (κ3) is 2.57. The number of nitrogens with one attached hydrogen (secondary N) is 1. The summed E-state index contributed by atoms with van der Waals surface area (Å²) in [6, 6.07) is 9.02. The predicted octanol–water partition coefficient (Wildman–Crippen LogP) is 2.06. The fourth-order valence-electron chi connectivity index (χ4n) is 3.35. The molecule has 0 amide bonds. The number of hydrogen-bond acceptors (Lipinski definition) is 4. The normalized spacial score (nSPS) is 27.2. The van der Waals surface area contributed by atoms with Gasteiger partial charge in [-0.15, -0.1) is 0 Å².